The van der Waals surface area contributed by atoms with Gasteiger partial charge in [-0.05, 0) is 38.5 Å². The average Bonchev–Trinajstić information content (AvgIpc) is 2.16. The Morgan fingerprint density at radius 3 is 2.21 bits per heavy atom. The molecule has 0 radical (unpaired) electrons. The van der Waals surface area contributed by atoms with Crippen molar-refractivity contribution < 1.29 is 4.74 Å². The predicted octanol–water partition coefficient (Wildman–Crippen LogP) is 4.02. The minimum atomic E-state index is 0.0530. The third-order valence-corrected chi connectivity index (χ3v) is 3.81. The second-order valence-electron chi connectivity index (χ2n) is 5.57. The molecule has 0 amide bonds. The number of hydrogen-bond acceptors (Lipinski definition) is 1. The van der Waals surface area contributed by atoms with Crippen molar-refractivity contribution in [2.45, 2.75) is 65.4 Å². The zero-order chi connectivity index (χ0) is 10.6. The maximum atomic E-state index is 6.03. The van der Waals surface area contributed by atoms with E-state index in [9.17, 15) is 0 Å². The summed E-state index contributed by atoms with van der Waals surface area (Å²) >= 11 is 0. The topological polar surface area (TPSA) is 9.23 Å². The molecule has 0 aromatic rings. The van der Waals surface area contributed by atoms with Gasteiger partial charge >= 0.3 is 0 Å². The quantitative estimate of drug-likeness (QED) is 0.663. The lowest BCUT2D eigenvalue weighted by molar-refractivity contribution is -0.0689. The second kappa shape index (κ2) is 5.16. The van der Waals surface area contributed by atoms with Crippen molar-refractivity contribution in [2.24, 2.45) is 11.8 Å². The van der Waals surface area contributed by atoms with E-state index >= 15 is 0 Å². The van der Waals surface area contributed by atoms with E-state index in [0.29, 0.717) is 5.92 Å². The highest BCUT2D eigenvalue weighted by atomic mass is 16.5. The number of rotatable bonds is 4. The van der Waals surface area contributed by atoms with Crippen LogP contribution in [0, 0.1) is 11.8 Å². The summed E-state index contributed by atoms with van der Waals surface area (Å²) in [4.78, 5) is 0. The predicted molar refractivity (Wildman–Crippen MR) is 61.4 cm³/mol. The summed E-state index contributed by atoms with van der Waals surface area (Å²) in [6.07, 6.45) is 7.03. The van der Waals surface area contributed by atoms with Crippen molar-refractivity contribution in [1.29, 1.82) is 0 Å². The van der Waals surface area contributed by atoms with Crippen LogP contribution in [0.2, 0.25) is 0 Å². The van der Waals surface area contributed by atoms with Gasteiger partial charge in [-0.15, -0.1) is 0 Å². The summed E-state index contributed by atoms with van der Waals surface area (Å²) in [5, 5.41) is 0. The van der Waals surface area contributed by atoms with Crippen LogP contribution < -0.4 is 0 Å². The molecule has 0 aromatic heterocycles. The first-order valence-corrected chi connectivity index (χ1v) is 6.16. The Balaban J connectivity index is 2.24. The summed E-state index contributed by atoms with van der Waals surface area (Å²) in [7, 11) is 0. The molecule has 1 heteroatoms. The van der Waals surface area contributed by atoms with Crippen LogP contribution in [0.15, 0.2) is 0 Å². The Kier molecular flexibility index (Phi) is 4.43. The Morgan fingerprint density at radius 1 is 1.14 bits per heavy atom. The molecule has 14 heavy (non-hydrogen) atoms. The van der Waals surface area contributed by atoms with Gasteiger partial charge in [-0.3, -0.25) is 0 Å². The third-order valence-electron chi connectivity index (χ3n) is 3.81. The molecule has 0 unspecified atom stereocenters. The summed E-state index contributed by atoms with van der Waals surface area (Å²) in [6.45, 7) is 9.87. The van der Waals surface area contributed by atoms with Crippen LogP contribution >= 0.6 is 0 Å². The monoisotopic (exact) mass is 198 g/mol. The van der Waals surface area contributed by atoms with Gasteiger partial charge in [-0.2, -0.15) is 0 Å². The van der Waals surface area contributed by atoms with Gasteiger partial charge in [0.1, 0.15) is 0 Å². The molecule has 0 aliphatic heterocycles. The second-order valence-corrected chi connectivity index (χ2v) is 5.57. The SMILES string of the molecule is CC(C)C(C)(C)OCC1CCCCC1. The highest BCUT2D eigenvalue weighted by molar-refractivity contribution is 4.74. The van der Waals surface area contributed by atoms with Gasteiger partial charge in [-0.25, -0.2) is 0 Å². The molecule has 1 fully saturated rings. The van der Waals surface area contributed by atoms with E-state index < -0.39 is 0 Å². The van der Waals surface area contributed by atoms with Gasteiger partial charge < -0.3 is 4.74 Å². The van der Waals surface area contributed by atoms with Crippen LogP contribution in [-0.2, 0) is 4.74 Å². The fourth-order valence-electron chi connectivity index (χ4n) is 1.85. The molecule has 1 aliphatic rings. The van der Waals surface area contributed by atoms with Crippen LogP contribution in [0.1, 0.15) is 59.8 Å². The first kappa shape index (κ1) is 12.0. The van der Waals surface area contributed by atoms with Crippen molar-refractivity contribution in [3.8, 4) is 0 Å². The average molecular weight is 198 g/mol. The Labute approximate surface area is 89.2 Å². The van der Waals surface area contributed by atoms with E-state index in [1.165, 1.54) is 32.1 Å². The van der Waals surface area contributed by atoms with Crippen molar-refractivity contribution >= 4 is 0 Å². The molecular weight excluding hydrogens is 172 g/mol. The van der Waals surface area contributed by atoms with E-state index in [1.807, 2.05) is 0 Å². The molecule has 0 bridgehead atoms. The molecule has 84 valence electrons. The van der Waals surface area contributed by atoms with E-state index in [2.05, 4.69) is 27.7 Å². The Bertz CT molecular complexity index is 155. The molecule has 0 heterocycles. The van der Waals surface area contributed by atoms with Gasteiger partial charge in [0.2, 0.25) is 0 Å². The van der Waals surface area contributed by atoms with Crippen molar-refractivity contribution in [2.75, 3.05) is 6.61 Å². The van der Waals surface area contributed by atoms with E-state index in [0.717, 1.165) is 12.5 Å². The van der Waals surface area contributed by atoms with Gasteiger partial charge in [0.25, 0.3) is 0 Å². The largest absolute Gasteiger partial charge is 0.375 e. The van der Waals surface area contributed by atoms with Crippen molar-refractivity contribution in [3.05, 3.63) is 0 Å². The van der Waals surface area contributed by atoms with Gasteiger partial charge in [-0.1, -0.05) is 33.1 Å². The normalized spacial score (nSPS) is 20.4. The maximum Gasteiger partial charge on any atom is 0.0649 e. The molecule has 1 aliphatic carbocycles. The summed E-state index contributed by atoms with van der Waals surface area (Å²) in [6, 6.07) is 0. The lowest BCUT2D eigenvalue weighted by atomic mass is 9.89. The molecule has 0 spiro atoms. The van der Waals surface area contributed by atoms with Gasteiger partial charge in [0, 0.05) is 0 Å². The standard InChI is InChI=1S/C13H26O/c1-11(2)13(3,4)14-10-12-8-6-5-7-9-12/h11-12H,5-10H2,1-4H3. The molecular formula is C13H26O. The van der Waals surface area contributed by atoms with Crippen molar-refractivity contribution in [3.63, 3.8) is 0 Å². The van der Waals surface area contributed by atoms with Crippen LogP contribution in [0.25, 0.3) is 0 Å². The van der Waals surface area contributed by atoms with Gasteiger partial charge in [0.05, 0.1) is 12.2 Å². The zero-order valence-corrected chi connectivity index (χ0v) is 10.3. The minimum absolute atomic E-state index is 0.0530. The molecule has 0 N–H and O–H groups in total. The lowest BCUT2D eigenvalue weighted by Crippen LogP contribution is -2.33. The third kappa shape index (κ3) is 3.61. The fourth-order valence-corrected chi connectivity index (χ4v) is 1.85. The molecule has 1 rings (SSSR count). The van der Waals surface area contributed by atoms with Crippen molar-refractivity contribution in [1.82, 2.24) is 0 Å². The first-order chi connectivity index (χ1) is 6.52. The molecule has 1 saturated carbocycles. The van der Waals surface area contributed by atoms with E-state index in [1.54, 1.807) is 0 Å². The first-order valence-electron chi connectivity index (χ1n) is 6.16. The summed E-state index contributed by atoms with van der Waals surface area (Å²) in [5.74, 6) is 1.44. The van der Waals surface area contributed by atoms with E-state index in [-0.39, 0.29) is 5.60 Å². The maximum absolute atomic E-state index is 6.03. The summed E-state index contributed by atoms with van der Waals surface area (Å²) in [5.41, 5.74) is 0.0530. The zero-order valence-electron chi connectivity index (χ0n) is 10.3. The molecule has 1 nitrogen and oxygen atoms in total. The smallest absolute Gasteiger partial charge is 0.0649 e. The minimum Gasteiger partial charge on any atom is -0.375 e. The fraction of sp³-hybridized carbons (Fsp3) is 1.00. The van der Waals surface area contributed by atoms with Gasteiger partial charge in [0.15, 0.2) is 0 Å². The number of hydrogen-bond donors (Lipinski definition) is 0. The van der Waals surface area contributed by atoms with Crippen LogP contribution in [0.3, 0.4) is 0 Å². The van der Waals surface area contributed by atoms with Crippen LogP contribution in [-0.4, -0.2) is 12.2 Å². The number of ether oxygens (including phenoxy) is 1. The Morgan fingerprint density at radius 2 is 1.71 bits per heavy atom. The Hall–Kier alpha value is -0.0400. The lowest BCUT2D eigenvalue weighted by Gasteiger charge is -2.32. The highest BCUT2D eigenvalue weighted by Crippen LogP contribution is 2.27. The highest BCUT2D eigenvalue weighted by Gasteiger charge is 2.24. The van der Waals surface area contributed by atoms with E-state index in [4.69, 9.17) is 4.74 Å². The molecule has 0 saturated heterocycles. The summed E-state index contributed by atoms with van der Waals surface area (Å²) < 4.78 is 6.03. The van der Waals surface area contributed by atoms with Crippen LogP contribution in [0.5, 0.6) is 0 Å². The molecule has 0 atom stereocenters. The molecule has 0 aromatic carbocycles. The van der Waals surface area contributed by atoms with Crippen LogP contribution in [0.4, 0.5) is 0 Å².